The summed E-state index contributed by atoms with van der Waals surface area (Å²) in [5.74, 6) is 0. The maximum absolute atomic E-state index is 9.67. The normalized spacial score (nSPS) is 19.1. The molecule has 18 heavy (non-hydrogen) atoms. The summed E-state index contributed by atoms with van der Waals surface area (Å²) in [6.45, 7) is 6.08. The first-order chi connectivity index (χ1) is 8.69. The predicted octanol–water partition coefficient (Wildman–Crippen LogP) is 2.00. The summed E-state index contributed by atoms with van der Waals surface area (Å²) in [5, 5.41) is 17.7. The van der Waals surface area contributed by atoms with Crippen LogP contribution in [0.15, 0.2) is 6.07 Å². The van der Waals surface area contributed by atoms with E-state index in [1.165, 1.54) is 25.0 Å². The number of rotatable bonds is 5. The Morgan fingerprint density at radius 3 is 2.72 bits per heavy atom. The van der Waals surface area contributed by atoms with Gasteiger partial charge in [0.1, 0.15) is 0 Å². The molecule has 2 N–H and O–H groups in total. The Morgan fingerprint density at radius 1 is 1.39 bits per heavy atom. The molecule has 0 saturated heterocycles. The van der Waals surface area contributed by atoms with Crippen molar-refractivity contribution in [2.45, 2.75) is 64.6 Å². The lowest BCUT2D eigenvalue weighted by Gasteiger charge is -2.36. The molecule has 1 aliphatic carbocycles. The molecular formula is C14H25N3O. The van der Waals surface area contributed by atoms with Gasteiger partial charge in [-0.3, -0.25) is 4.68 Å². The van der Waals surface area contributed by atoms with Crippen LogP contribution < -0.4 is 5.32 Å². The fourth-order valence-electron chi connectivity index (χ4n) is 2.91. The molecule has 0 aliphatic heterocycles. The fourth-order valence-corrected chi connectivity index (χ4v) is 2.91. The Labute approximate surface area is 109 Å². The molecule has 1 saturated carbocycles. The second-order valence-electron chi connectivity index (χ2n) is 5.45. The zero-order valence-corrected chi connectivity index (χ0v) is 11.6. The van der Waals surface area contributed by atoms with E-state index in [2.05, 4.69) is 23.4 Å². The van der Waals surface area contributed by atoms with Gasteiger partial charge in [-0.1, -0.05) is 19.3 Å². The first kappa shape index (κ1) is 13.6. The molecule has 1 aromatic heterocycles. The van der Waals surface area contributed by atoms with E-state index in [4.69, 9.17) is 0 Å². The van der Waals surface area contributed by atoms with Crippen LogP contribution in [-0.2, 0) is 13.1 Å². The lowest BCUT2D eigenvalue weighted by Crippen LogP contribution is -2.49. The Balaban J connectivity index is 2.00. The van der Waals surface area contributed by atoms with Gasteiger partial charge >= 0.3 is 0 Å². The van der Waals surface area contributed by atoms with E-state index in [0.29, 0.717) is 0 Å². The van der Waals surface area contributed by atoms with Crippen LogP contribution in [0, 0.1) is 6.92 Å². The molecule has 0 aromatic carbocycles. The summed E-state index contributed by atoms with van der Waals surface area (Å²) >= 11 is 0. The number of nitrogens with one attached hydrogen (secondary N) is 1. The Hall–Kier alpha value is -0.870. The quantitative estimate of drug-likeness (QED) is 0.841. The van der Waals surface area contributed by atoms with E-state index in [0.717, 1.165) is 31.6 Å². The van der Waals surface area contributed by atoms with Crippen LogP contribution in [0.4, 0.5) is 0 Å². The van der Waals surface area contributed by atoms with Crippen molar-refractivity contribution in [1.29, 1.82) is 0 Å². The topological polar surface area (TPSA) is 50.1 Å². The Kier molecular flexibility index (Phi) is 4.40. The Bertz CT molecular complexity index is 380. The van der Waals surface area contributed by atoms with Gasteiger partial charge in [0.15, 0.2) is 0 Å². The summed E-state index contributed by atoms with van der Waals surface area (Å²) in [6.07, 6.45) is 5.92. The highest BCUT2D eigenvalue weighted by atomic mass is 16.3. The fraction of sp³-hybridized carbons (Fsp3) is 0.786. The first-order valence-corrected chi connectivity index (χ1v) is 7.08. The van der Waals surface area contributed by atoms with Crippen LogP contribution in [0.5, 0.6) is 0 Å². The Morgan fingerprint density at radius 2 is 2.11 bits per heavy atom. The number of hydrogen-bond acceptors (Lipinski definition) is 3. The average Bonchev–Trinajstić information content (AvgIpc) is 2.78. The van der Waals surface area contributed by atoms with Gasteiger partial charge < -0.3 is 10.4 Å². The molecule has 1 heterocycles. The van der Waals surface area contributed by atoms with Crippen molar-refractivity contribution in [3.8, 4) is 0 Å². The monoisotopic (exact) mass is 251 g/mol. The van der Waals surface area contributed by atoms with Gasteiger partial charge in [-0.2, -0.15) is 5.10 Å². The molecule has 1 aromatic rings. The number of hydrogen-bond donors (Lipinski definition) is 2. The molecule has 0 unspecified atom stereocenters. The van der Waals surface area contributed by atoms with Gasteiger partial charge in [0.05, 0.1) is 18.0 Å². The summed E-state index contributed by atoms with van der Waals surface area (Å²) in [5.41, 5.74) is 2.22. The van der Waals surface area contributed by atoms with Crippen LogP contribution in [0.3, 0.4) is 0 Å². The van der Waals surface area contributed by atoms with E-state index in [-0.39, 0.29) is 12.1 Å². The van der Waals surface area contributed by atoms with Crippen molar-refractivity contribution in [2.24, 2.45) is 0 Å². The summed E-state index contributed by atoms with van der Waals surface area (Å²) < 4.78 is 2.04. The van der Waals surface area contributed by atoms with Crippen LogP contribution in [0.2, 0.25) is 0 Å². The zero-order valence-electron chi connectivity index (χ0n) is 11.6. The van der Waals surface area contributed by atoms with Gasteiger partial charge in [0.25, 0.3) is 0 Å². The van der Waals surface area contributed by atoms with Gasteiger partial charge in [0.2, 0.25) is 0 Å². The number of aryl methyl sites for hydroxylation is 2. The van der Waals surface area contributed by atoms with Crippen LogP contribution in [0.1, 0.15) is 50.4 Å². The summed E-state index contributed by atoms with van der Waals surface area (Å²) in [4.78, 5) is 0. The molecule has 0 bridgehead atoms. The first-order valence-electron chi connectivity index (χ1n) is 7.08. The van der Waals surface area contributed by atoms with E-state index >= 15 is 0 Å². The van der Waals surface area contributed by atoms with Gasteiger partial charge in [-0.05, 0) is 32.8 Å². The summed E-state index contributed by atoms with van der Waals surface area (Å²) in [7, 11) is 0. The minimum Gasteiger partial charge on any atom is -0.394 e. The number of aliphatic hydroxyl groups excluding tert-OH is 1. The van der Waals surface area contributed by atoms with Crippen molar-refractivity contribution in [1.82, 2.24) is 15.1 Å². The molecule has 4 nitrogen and oxygen atoms in total. The highest BCUT2D eigenvalue weighted by Crippen LogP contribution is 2.28. The standard InChI is InChI=1S/C14H25N3O/c1-3-17-13(9-12(2)16-17)10-15-14(11-18)7-5-4-6-8-14/h9,15,18H,3-8,10-11H2,1-2H3. The van der Waals surface area contributed by atoms with Crippen molar-refractivity contribution in [2.75, 3.05) is 6.61 Å². The van der Waals surface area contributed by atoms with E-state index in [9.17, 15) is 5.11 Å². The number of nitrogens with zero attached hydrogens (tertiary/aromatic N) is 2. The molecule has 0 amide bonds. The maximum Gasteiger partial charge on any atom is 0.0613 e. The van der Waals surface area contributed by atoms with Gasteiger partial charge in [0, 0.05) is 18.6 Å². The average molecular weight is 251 g/mol. The van der Waals surface area contributed by atoms with Crippen LogP contribution >= 0.6 is 0 Å². The molecule has 4 heteroatoms. The molecule has 2 rings (SSSR count). The highest BCUT2D eigenvalue weighted by molar-refractivity contribution is 5.09. The van der Waals surface area contributed by atoms with E-state index in [1.807, 2.05) is 11.6 Å². The van der Waals surface area contributed by atoms with Crippen molar-refractivity contribution in [3.63, 3.8) is 0 Å². The molecule has 0 spiro atoms. The SMILES string of the molecule is CCn1nc(C)cc1CNC1(CO)CCCCC1. The third-order valence-corrected chi connectivity index (χ3v) is 4.04. The van der Waals surface area contributed by atoms with Crippen molar-refractivity contribution in [3.05, 3.63) is 17.5 Å². The second kappa shape index (κ2) is 5.85. The third kappa shape index (κ3) is 2.93. The summed E-state index contributed by atoms with van der Waals surface area (Å²) in [6, 6.07) is 2.13. The van der Waals surface area contributed by atoms with Crippen LogP contribution in [0.25, 0.3) is 0 Å². The molecule has 1 aliphatic rings. The van der Waals surface area contributed by atoms with Crippen molar-refractivity contribution >= 4 is 0 Å². The predicted molar refractivity (Wildman–Crippen MR) is 72.4 cm³/mol. The van der Waals surface area contributed by atoms with Gasteiger partial charge in [-0.15, -0.1) is 0 Å². The second-order valence-corrected chi connectivity index (χ2v) is 5.45. The minimum atomic E-state index is -0.0605. The van der Waals surface area contributed by atoms with Crippen molar-refractivity contribution < 1.29 is 5.11 Å². The van der Waals surface area contributed by atoms with E-state index in [1.54, 1.807) is 0 Å². The lowest BCUT2D eigenvalue weighted by molar-refractivity contribution is 0.118. The highest BCUT2D eigenvalue weighted by Gasteiger charge is 2.30. The van der Waals surface area contributed by atoms with Gasteiger partial charge in [-0.25, -0.2) is 0 Å². The number of aromatic nitrogens is 2. The largest absolute Gasteiger partial charge is 0.394 e. The maximum atomic E-state index is 9.67. The molecule has 102 valence electrons. The molecule has 0 radical (unpaired) electrons. The lowest BCUT2D eigenvalue weighted by atomic mass is 9.82. The minimum absolute atomic E-state index is 0.0605. The van der Waals surface area contributed by atoms with Crippen LogP contribution in [-0.4, -0.2) is 27.0 Å². The third-order valence-electron chi connectivity index (χ3n) is 4.04. The smallest absolute Gasteiger partial charge is 0.0613 e. The zero-order chi connectivity index (χ0) is 13.0. The molecular weight excluding hydrogens is 226 g/mol. The molecule has 1 fully saturated rings. The van der Waals surface area contributed by atoms with E-state index < -0.39 is 0 Å². The molecule has 0 atom stereocenters. The number of aliphatic hydroxyl groups is 1.